The summed E-state index contributed by atoms with van der Waals surface area (Å²) in [6.07, 6.45) is 2.11. The molecule has 0 fully saturated rings. The lowest BCUT2D eigenvalue weighted by Gasteiger charge is -2.11. The number of aromatic nitrogens is 4. The smallest absolute Gasteiger partial charge is 0.257 e. The van der Waals surface area contributed by atoms with Crippen LogP contribution in [0, 0.1) is 0 Å². The molecule has 10 heteroatoms. The van der Waals surface area contributed by atoms with Gasteiger partial charge in [0.05, 0.1) is 5.56 Å². The summed E-state index contributed by atoms with van der Waals surface area (Å²) >= 11 is 5.93. The predicted molar refractivity (Wildman–Crippen MR) is 152 cm³/mol. The van der Waals surface area contributed by atoms with E-state index in [1.54, 1.807) is 24.3 Å². The van der Waals surface area contributed by atoms with E-state index in [-0.39, 0.29) is 5.91 Å². The van der Waals surface area contributed by atoms with E-state index in [1.807, 2.05) is 73.7 Å². The van der Waals surface area contributed by atoms with Crippen molar-refractivity contribution >= 4 is 46.6 Å². The van der Waals surface area contributed by atoms with Crippen LogP contribution in [0.2, 0.25) is 5.02 Å². The fourth-order valence-electron chi connectivity index (χ4n) is 3.51. The third-order valence-electron chi connectivity index (χ3n) is 5.45. The number of halogens is 1. The van der Waals surface area contributed by atoms with E-state index in [4.69, 9.17) is 16.3 Å². The van der Waals surface area contributed by atoms with Crippen LogP contribution >= 0.6 is 11.6 Å². The second-order valence-electron chi connectivity index (χ2n) is 8.34. The second-order valence-corrected chi connectivity index (χ2v) is 8.77. The minimum atomic E-state index is -0.246. The molecule has 3 N–H and O–H groups in total. The van der Waals surface area contributed by atoms with Crippen LogP contribution in [0.25, 0.3) is 0 Å². The fraction of sp³-hybridized carbons (Fsp3) is 0.0690. The number of para-hydroxylation sites is 1. The van der Waals surface area contributed by atoms with Crippen LogP contribution in [0.3, 0.4) is 0 Å². The van der Waals surface area contributed by atoms with Gasteiger partial charge in [-0.2, -0.15) is 15.0 Å². The molecule has 0 saturated heterocycles. The lowest BCUT2D eigenvalue weighted by molar-refractivity contribution is 0.102. The molecule has 39 heavy (non-hydrogen) atoms. The van der Waals surface area contributed by atoms with Gasteiger partial charge in [0.25, 0.3) is 5.91 Å². The van der Waals surface area contributed by atoms with Crippen molar-refractivity contribution in [1.82, 2.24) is 19.9 Å². The molecule has 0 radical (unpaired) electrons. The van der Waals surface area contributed by atoms with Gasteiger partial charge in [-0.05, 0) is 72.8 Å². The Kier molecular flexibility index (Phi) is 7.89. The third-order valence-corrected chi connectivity index (χ3v) is 5.71. The molecule has 0 unspecified atom stereocenters. The van der Waals surface area contributed by atoms with Gasteiger partial charge in [-0.3, -0.25) is 4.79 Å². The zero-order chi connectivity index (χ0) is 27.0. The highest BCUT2D eigenvalue weighted by Crippen LogP contribution is 2.25. The zero-order valence-electron chi connectivity index (χ0n) is 20.9. The number of anilines is 5. The van der Waals surface area contributed by atoms with Gasteiger partial charge in [0.15, 0.2) is 0 Å². The monoisotopic (exact) mass is 537 g/mol. The summed E-state index contributed by atoms with van der Waals surface area (Å²) in [4.78, 5) is 30.2. The Morgan fingerprint density at radius 1 is 0.769 bits per heavy atom. The van der Waals surface area contributed by atoms with E-state index < -0.39 is 0 Å². The van der Waals surface area contributed by atoms with Crippen molar-refractivity contribution in [3.8, 4) is 11.5 Å². The first-order chi connectivity index (χ1) is 19.0. The summed E-state index contributed by atoms with van der Waals surface area (Å²) in [6, 6.07) is 27.2. The Morgan fingerprint density at radius 3 is 2.08 bits per heavy atom. The van der Waals surface area contributed by atoms with Crippen molar-refractivity contribution in [2.75, 3.05) is 16.0 Å². The van der Waals surface area contributed by atoms with Crippen LogP contribution in [0.5, 0.6) is 11.5 Å². The molecule has 0 aliphatic heterocycles. The van der Waals surface area contributed by atoms with Gasteiger partial charge < -0.3 is 20.7 Å². The van der Waals surface area contributed by atoms with Crippen LogP contribution in [-0.4, -0.2) is 25.8 Å². The number of aryl methyl sites for hydroxylation is 1. The maximum atomic E-state index is 12.5. The molecule has 3 aromatic carbocycles. The highest BCUT2D eigenvalue weighted by Gasteiger charge is 2.10. The summed E-state index contributed by atoms with van der Waals surface area (Å²) in [6.45, 7) is 1.96. The Balaban J connectivity index is 1.24. The Bertz CT molecular complexity index is 1550. The largest absolute Gasteiger partial charge is 0.457 e. The van der Waals surface area contributed by atoms with E-state index in [1.165, 1.54) is 6.20 Å². The molecule has 5 aromatic rings. The first kappa shape index (κ1) is 25.6. The Morgan fingerprint density at radius 2 is 1.44 bits per heavy atom. The van der Waals surface area contributed by atoms with E-state index in [0.717, 1.165) is 5.69 Å². The molecule has 194 valence electrons. The molecule has 0 aliphatic rings. The van der Waals surface area contributed by atoms with Gasteiger partial charge in [0.2, 0.25) is 11.9 Å². The number of ether oxygens (including phenoxy) is 1. The standard InChI is InChI=1S/C29H24ClN7O2/c1-2-25-34-28(33-22-11-15-24(16-12-22)39-23-13-9-20(30)10-14-23)37-29(35-25)36-26-17-8-19(18-31-26)27(38)32-21-6-4-3-5-7-21/h3-18H,2H2,1H3,(H,32,38)(H2,31,33,34,35,36,37). The number of hydrogen-bond donors (Lipinski definition) is 3. The molecule has 0 saturated carbocycles. The summed E-state index contributed by atoms with van der Waals surface area (Å²) in [7, 11) is 0. The average molecular weight is 538 g/mol. The van der Waals surface area contributed by atoms with Gasteiger partial charge >= 0.3 is 0 Å². The van der Waals surface area contributed by atoms with Gasteiger partial charge in [0.1, 0.15) is 23.1 Å². The number of nitrogens with one attached hydrogen (secondary N) is 3. The normalized spacial score (nSPS) is 10.5. The van der Waals surface area contributed by atoms with E-state index >= 15 is 0 Å². The Hall–Kier alpha value is -5.02. The van der Waals surface area contributed by atoms with E-state index in [9.17, 15) is 4.79 Å². The topological polar surface area (TPSA) is 114 Å². The number of benzene rings is 3. The molecular formula is C29H24ClN7O2. The summed E-state index contributed by atoms with van der Waals surface area (Å²) in [5.41, 5.74) is 1.93. The molecule has 0 aliphatic carbocycles. The van der Waals surface area contributed by atoms with Crippen LogP contribution in [-0.2, 0) is 6.42 Å². The first-order valence-corrected chi connectivity index (χ1v) is 12.6. The SMILES string of the molecule is CCc1nc(Nc2ccc(Oc3ccc(Cl)cc3)cc2)nc(Nc2ccc(C(=O)Nc3ccccc3)cn2)n1. The molecule has 2 aromatic heterocycles. The molecule has 9 nitrogen and oxygen atoms in total. The van der Waals surface area contributed by atoms with Crippen molar-refractivity contribution in [2.24, 2.45) is 0 Å². The van der Waals surface area contributed by atoms with Gasteiger partial charge in [-0.1, -0.05) is 36.7 Å². The van der Waals surface area contributed by atoms with Gasteiger partial charge in [-0.25, -0.2) is 4.98 Å². The highest BCUT2D eigenvalue weighted by molar-refractivity contribution is 6.30. The predicted octanol–water partition coefficient (Wildman–Crippen LogP) is 7.01. The minimum absolute atomic E-state index is 0.246. The number of amides is 1. The molecule has 1 amide bonds. The summed E-state index contributed by atoms with van der Waals surface area (Å²) in [5, 5.41) is 9.78. The van der Waals surface area contributed by atoms with Crippen molar-refractivity contribution in [2.45, 2.75) is 13.3 Å². The van der Waals surface area contributed by atoms with E-state index in [2.05, 4.69) is 35.9 Å². The number of pyridine rings is 1. The zero-order valence-corrected chi connectivity index (χ0v) is 21.7. The number of rotatable bonds is 9. The van der Waals surface area contributed by atoms with Crippen LogP contribution < -0.4 is 20.7 Å². The molecule has 0 spiro atoms. The fourth-order valence-corrected chi connectivity index (χ4v) is 3.63. The molecule has 0 atom stereocenters. The Labute approximate surface area is 230 Å². The third kappa shape index (κ3) is 7.06. The maximum Gasteiger partial charge on any atom is 0.257 e. The van der Waals surface area contributed by atoms with Gasteiger partial charge in [0, 0.05) is 29.0 Å². The molecule has 0 bridgehead atoms. The first-order valence-electron chi connectivity index (χ1n) is 12.2. The van der Waals surface area contributed by atoms with Crippen molar-refractivity contribution < 1.29 is 9.53 Å². The average Bonchev–Trinajstić information content (AvgIpc) is 2.96. The van der Waals surface area contributed by atoms with E-state index in [0.29, 0.717) is 57.7 Å². The number of carbonyl (C=O) groups is 1. The van der Waals surface area contributed by atoms with Crippen molar-refractivity contribution in [3.05, 3.63) is 114 Å². The summed E-state index contributed by atoms with van der Waals surface area (Å²) < 4.78 is 5.84. The number of carbonyl (C=O) groups excluding carboxylic acids is 1. The maximum absolute atomic E-state index is 12.5. The number of hydrogen-bond acceptors (Lipinski definition) is 8. The lowest BCUT2D eigenvalue weighted by Crippen LogP contribution is -2.12. The lowest BCUT2D eigenvalue weighted by atomic mass is 10.2. The van der Waals surface area contributed by atoms with Crippen LogP contribution in [0.15, 0.2) is 97.2 Å². The molecule has 2 heterocycles. The minimum Gasteiger partial charge on any atom is -0.457 e. The number of nitrogens with zero attached hydrogens (tertiary/aromatic N) is 4. The van der Waals surface area contributed by atoms with Gasteiger partial charge in [-0.15, -0.1) is 0 Å². The summed E-state index contributed by atoms with van der Waals surface area (Å²) in [5.74, 6) is 2.95. The molecule has 5 rings (SSSR count). The quantitative estimate of drug-likeness (QED) is 0.184. The highest BCUT2D eigenvalue weighted by atomic mass is 35.5. The molecular weight excluding hydrogens is 514 g/mol. The van der Waals surface area contributed by atoms with Crippen LogP contribution in [0.1, 0.15) is 23.1 Å². The van der Waals surface area contributed by atoms with Crippen LogP contribution in [0.4, 0.5) is 29.1 Å². The van der Waals surface area contributed by atoms with Crippen molar-refractivity contribution in [3.63, 3.8) is 0 Å². The van der Waals surface area contributed by atoms with Crippen molar-refractivity contribution in [1.29, 1.82) is 0 Å². The second kappa shape index (κ2) is 12.0.